The van der Waals surface area contributed by atoms with Gasteiger partial charge in [0.1, 0.15) is 0 Å². The minimum atomic E-state index is -0.127. The molecule has 0 saturated carbocycles. The first-order valence-electron chi connectivity index (χ1n) is 7.27. The number of para-hydroxylation sites is 1. The first-order chi connectivity index (χ1) is 10.2. The molecule has 1 aromatic carbocycles. The van der Waals surface area contributed by atoms with E-state index >= 15 is 0 Å². The van der Waals surface area contributed by atoms with Gasteiger partial charge in [-0.15, -0.1) is 0 Å². The molecule has 2 aliphatic rings. The molecule has 1 aromatic heterocycles. The molecule has 1 N–H and O–H groups in total. The molecule has 4 rings (SSSR count). The molecule has 0 saturated heterocycles. The van der Waals surface area contributed by atoms with E-state index in [2.05, 4.69) is 0 Å². The smallest absolute Gasteiger partial charge is 0.199 e. The van der Waals surface area contributed by atoms with E-state index in [-0.39, 0.29) is 18.2 Å². The Morgan fingerprint density at radius 3 is 2.76 bits per heavy atom. The van der Waals surface area contributed by atoms with Gasteiger partial charge in [-0.2, -0.15) is 0 Å². The number of hydrogen-bond donors (Lipinski definition) is 1. The van der Waals surface area contributed by atoms with E-state index < -0.39 is 0 Å². The molecule has 2 aliphatic carbocycles. The van der Waals surface area contributed by atoms with Crippen LogP contribution < -0.4 is 0 Å². The average Bonchev–Trinajstić information content (AvgIpc) is 2.96. The summed E-state index contributed by atoms with van der Waals surface area (Å²) in [6.45, 7) is 0.448. The standard InChI is InChI=1S/C17H15NO3/c19-9-8-18-12-6-2-1-4-10(12)15-16(18)11-5-3-7-13(20)14(11)17(15)21/h1-2,4,6,19H,3,5,7-9H2. The van der Waals surface area contributed by atoms with Gasteiger partial charge in [-0.3, -0.25) is 9.59 Å². The van der Waals surface area contributed by atoms with Crippen molar-refractivity contribution in [1.82, 2.24) is 4.57 Å². The first kappa shape index (κ1) is 12.5. The summed E-state index contributed by atoms with van der Waals surface area (Å²) in [7, 11) is 0. The molecule has 0 radical (unpaired) electrons. The Labute approximate surface area is 121 Å². The van der Waals surface area contributed by atoms with Gasteiger partial charge in [-0.1, -0.05) is 18.2 Å². The van der Waals surface area contributed by atoms with Crippen molar-refractivity contribution in [1.29, 1.82) is 0 Å². The topological polar surface area (TPSA) is 59.3 Å². The van der Waals surface area contributed by atoms with Crippen LogP contribution in [0.3, 0.4) is 0 Å². The Balaban J connectivity index is 2.09. The molecule has 0 spiro atoms. The van der Waals surface area contributed by atoms with E-state index in [4.69, 9.17) is 0 Å². The first-order valence-corrected chi connectivity index (χ1v) is 7.27. The molecule has 1 heterocycles. The minimum absolute atomic E-state index is 0.00979. The van der Waals surface area contributed by atoms with Crippen LogP contribution in [0.5, 0.6) is 0 Å². The molecule has 0 atom stereocenters. The summed E-state index contributed by atoms with van der Waals surface area (Å²) < 4.78 is 1.99. The Kier molecular flexibility index (Phi) is 2.62. The van der Waals surface area contributed by atoms with Gasteiger partial charge in [0.25, 0.3) is 0 Å². The summed E-state index contributed by atoms with van der Waals surface area (Å²) in [5.74, 6) is -0.158. The quantitative estimate of drug-likeness (QED) is 0.859. The SMILES string of the molecule is O=C1CCCC2=C1C(=O)c1c2n(CCO)c2ccccc12. The molecule has 4 heteroatoms. The molecule has 4 nitrogen and oxygen atoms in total. The number of aliphatic hydroxyl groups is 1. The molecule has 0 amide bonds. The maximum Gasteiger partial charge on any atom is 0.199 e. The maximum absolute atomic E-state index is 12.7. The Bertz CT molecular complexity index is 826. The number of carbonyl (C=O) groups excluding carboxylic acids is 2. The predicted octanol–water partition coefficient (Wildman–Crippen LogP) is 2.34. The predicted molar refractivity (Wildman–Crippen MR) is 79.1 cm³/mol. The van der Waals surface area contributed by atoms with Gasteiger partial charge in [0.2, 0.25) is 0 Å². The van der Waals surface area contributed by atoms with E-state index in [0.717, 1.165) is 35.0 Å². The highest BCUT2D eigenvalue weighted by Gasteiger charge is 2.39. The molecule has 0 bridgehead atoms. The third-order valence-electron chi connectivity index (χ3n) is 4.45. The van der Waals surface area contributed by atoms with Crippen LogP contribution in [0.25, 0.3) is 16.5 Å². The third-order valence-corrected chi connectivity index (χ3v) is 4.45. The van der Waals surface area contributed by atoms with Crippen LogP contribution in [0.2, 0.25) is 0 Å². The Morgan fingerprint density at radius 1 is 1.14 bits per heavy atom. The normalized spacial score (nSPS) is 17.6. The van der Waals surface area contributed by atoms with Crippen molar-refractivity contribution in [2.75, 3.05) is 6.61 Å². The van der Waals surface area contributed by atoms with Crippen molar-refractivity contribution in [3.63, 3.8) is 0 Å². The van der Waals surface area contributed by atoms with Gasteiger partial charge >= 0.3 is 0 Å². The molecular weight excluding hydrogens is 266 g/mol. The van der Waals surface area contributed by atoms with Crippen molar-refractivity contribution in [2.45, 2.75) is 25.8 Å². The van der Waals surface area contributed by atoms with Crippen molar-refractivity contribution < 1.29 is 14.7 Å². The molecule has 0 aliphatic heterocycles. The third kappa shape index (κ3) is 1.54. The number of nitrogens with zero attached hydrogens (tertiary/aromatic N) is 1. The van der Waals surface area contributed by atoms with Crippen LogP contribution in [0.1, 0.15) is 35.3 Å². The summed E-state index contributed by atoms with van der Waals surface area (Å²) in [6.07, 6.45) is 2.03. The monoisotopic (exact) mass is 281 g/mol. The van der Waals surface area contributed by atoms with E-state index in [0.29, 0.717) is 24.1 Å². The number of carbonyl (C=O) groups is 2. The van der Waals surface area contributed by atoms with Crippen LogP contribution in [-0.4, -0.2) is 27.8 Å². The lowest BCUT2D eigenvalue weighted by atomic mass is 9.91. The average molecular weight is 281 g/mol. The van der Waals surface area contributed by atoms with E-state index in [9.17, 15) is 14.7 Å². The Hall–Kier alpha value is -2.20. The number of fused-ring (bicyclic) bond motifs is 4. The highest BCUT2D eigenvalue weighted by molar-refractivity contribution is 6.38. The van der Waals surface area contributed by atoms with Gasteiger partial charge in [0, 0.05) is 23.9 Å². The Morgan fingerprint density at radius 2 is 1.95 bits per heavy atom. The molecule has 0 fully saturated rings. The second-order valence-corrected chi connectivity index (χ2v) is 5.58. The van der Waals surface area contributed by atoms with Gasteiger partial charge in [-0.05, 0) is 24.5 Å². The summed E-state index contributed by atoms with van der Waals surface area (Å²) in [4.78, 5) is 24.8. The fraction of sp³-hybridized carbons (Fsp3) is 0.294. The van der Waals surface area contributed by atoms with Crippen molar-refractivity contribution in [3.05, 3.63) is 41.1 Å². The van der Waals surface area contributed by atoms with E-state index in [1.165, 1.54) is 0 Å². The van der Waals surface area contributed by atoms with Crippen molar-refractivity contribution in [3.8, 4) is 0 Å². The number of Topliss-reactive ketones (excluding diaryl/α,β-unsaturated/α-hetero) is 2. The number of aliphatic hydroxyl groups excluding tert-OH is 1. The van der Waals surface area contributed by atoms with Crippen LogP contribution >= 0.6 is 0 Å². The second kappa shape index (κ2) is 4.40. The highest BCUT2D eigenvalue weighted by atomic mass is 16.3. The second-order valence-electron chi connectivity index (χ2n) is 5.58. The minimum Gasteiger partial charge on any atom is -0.395 e. The van der Waals surface area contributed by atoms with E-state index in [1.54, 1.807) is 0 Å². The number of aromatic nitrogens is 1. The number of benzene rings is 1. The molecular formula is C17H15NO3. The molecule has 106 valence electrons. The van der Waals surface area contributed by atoms with Gasteiger partial charge in [0.15, 0.2) is 11.6 Å². The summed E-state index contributed by atoms with van der Waals surface area (Å²) in [5.41, 5.74) is 3.74. The summed E-state index contributed by atoms with van der Waals surface area (Å²) in [6, 6.07) is 7.71. The number of rotatable bonds is 2. The van der Waals surface area contributed by atoms with Gasteiger partial charge in [-0.25, -0.2) is 0 Å². The fourth-order valence-corrected chi connectivity index (χ4v) is 3.65. The summed E-state index contributed by atoms with van der Waals surface area (Å²) in [5, 5.41) is 10.2. The lowest BCUT2D eigenvalue weighted by Crippen LogP contribution is -2.14. The van der Waals surface area contributed by atoms with E-state index in [1.807, 2.05) is 28.8 Å². The van der Waals surface area contributed by atoms with Gasteiger partial charge < -0.3 is 9.67 Å². The number of allylic oxidation sites excluding steroid dienone is 2. The van der Waals surface area contributed by atoms with Crippen LogP contribution in [0.15, 0.2) is 29.8 Å². The van der Waals surface area contributed by atoms with Gasteiger partial charge in [0.05, 0.1) is 23.4 Å². The zero-order valence-electron chi connectivity index (χ0n) is 11.6. The maximum atomic E-state index is 12.7. The largest absolute Gasteiger partial charge is 0.395 e. The molecule has 2 aromatic rings. The molecule has 21 heavy (non-hydrogen) atoms. The molecule has 0 unspecified atom stereocenters. The number of ketones is 2. The fourth-order valence-electron chi connectivity index (χ4n) is 3.65. The summed E-state index contributed by atoms with van der Waals surface area (Å²) >= 11 is 0. The van der Waals surface area contributed by atoms with Crippen molar-refractivity contribution in [2.24, 2.45) is 0 Å². The highest BCUT2D eigenvalue weighted by Crippen LogP contribution is 2.44. The lowest BCUT2D eigenvalue weighted by Gasteiger charge is -2.15. The zero-order chi connectivity index (χ0) is 14.6. The van der Waals surface area contributed by atoms with Crippen LogP contribution in [-0.2, 0) is 11.3 Å². The van der Waals surface area contributed by atoms with Crippen molar-refractivity contribution >= 4 is 28.0 Å². The number of hydrogen-bond acceptors (Lipinski definition) is 3. The lowest BCUT2D eigenvalue weighted by molar-refractivity contribution is -0.115. The van der Waals surface area contributed by atoms with Crippen LogP contribution in [0, 0.1) is 0 Å². The van der Waals surface area contributed by atoms with Crippen LogP contribution in [0.4, 0.5) is 0 Å². The zero-order valence-corrected chi connectivity index (χ0v) is 11.6.